The molecule has 1 aliphatic carbocycles. The van der Waals surface area contributed by atoms with Gasteiger partial charge in [-0.3, -0.25) is 4.79 Å². The SMILES string of the molecule is CC(=O)c1ccc2c(c1)C(c1ccccc1)(c1ccccc1)c1ccccc1-2. The molecule has 28 heavy (non-hydrogen) atoms. The number of fused-ring (bicyclic) bond motifs is 3. The van der Waals surface area contributed by atoms with Gasteiger partial charge in [0.15, 0.2) is 5.78 Å². The average molecular weight is 360 g/mol. The van der Waals surface area contributed by atoms with Crippen molar-refractivity contribution in [3.63, 3.8) is 0 Å². The van der Waals surface area contributed by atoms with Crippen LogP contribution in [0.5, 0.6) is 0 Å². The smallest absolute Gasteiger partial charge is 0.159 e. The maximum atomic E-state index is 12.2. The number of carbonyl (C=O) groups is 1. The van der Waals surface area contributed by atoms with Gasteiger partial charge < -0.3 is 0 Å². The monoisotopic (exact) mass is 360 g/mol. The summed E-state index contributed by atoms with van der Waals surface area (Å²) in [6, 6.07) is 36.0. The Labute approximate surface area is 165 Å². The highest BCUT2D eigenvalue weighted by molar-refractivity contribution is 5.97. The fraction of sp³-hybridized carbons (Fsp3) is 0.0741. The number of benzene rings is 4. The van der Waals surface area contributed by atoms with Crippen molar-refractivity contribution in [2.45, 2.75) is 12.3 Å². The number of hydrogen-bond donors (Lipinski definition) is 0. The summed E-state index contributed by atoms with van der Waals surface area (Å²) in [5.41, 5.74) is 7.64. The van der Waals surface area contributed by atoms with E-state index in [0.717, 1.165) is 5.56 Å². The fourth-order valence-corrected chi connectivity index (χ4v) is 4.66. The van der Waals surface area contributed by atoms with Gasteiger partial charge in [-0.05, 0) is 46.4 Å². The second-order valence-electron chi connectivity index (χ2n) is 7.34. The number of ketones is 1. The first-order valence-electron chi connectivity index (χ1n) is 9.59. The van der Waals surface area contributed by atoms with E-state index in [4.69, 9.17) is 0 Å². The van der Waals surface area contributed by atoms with Crippen LogP contribution in [0.4, 0.5) is 0 Å². The molecule has 0 spiro atoms. The van der Waals surface area contributed by atoms with Crippen molar-refractivity contribution in [1.29, 1.82) is 0 Å². The van der Waals surface area contributed by atoms with Gasteiger partial charge >= 0.3 is 0 Å². The van der Waals surface area contributed by atoms with Gasteiger partial charge in [0.05, 0.1) is 5.41 Å². The summed E-state index contributed by atoms with van der Waals surface area (Å²) >= 11 is 0. The summed E-state index contributed by atoms with van der Waals surface area (Å²) in [5, 5.41) is 0. The molecule has 1 aliphatic rings. The van der Waals surface area contributed by atoms with Gasteiger partial charge in [-0.25, -0.2) is 0 Å². The summed E-state index contributed by atoms with van der Waals surface area (Å²) in [6.07, 6.45) is 0. The molecule has 5 rings (SSSR count). The van der Waals surface area contributed by atoms with E-state index in [0.29, 0.717) is 0 Å². The molecule has 0 heterocycles. The second-order valence-corrected chi connectivity index (χ2v) is 7.34. The molecule has 1 nitrogen and oxygen atoms in total. The Balaban J connectivity index is 1.97. The van der Waals surface area contributed by atoms with E-state index in [9.17, 15) is 4.79 Å². The molecule has 4 aromatic rings. The molecule has 0 radical (unpaired) electrons. The van der Waals surface area contributed by atoms with Crippen LogP contribution in [0.2, 0.25) is 0 Å². The zero-order valence-electron chi connectivity index (χ0n) is 15.7. The molecule has 0 unspecified atom stereocenters. The molecular weight excluding hydrogens is 340 g/mol. The van der Waals surface area contributed by atoms with E-state index < -0.39 is 5.41 Å². The van der Waals surface area contributed by atoms with Crippen LogP contribution in [0.3, 0.4) is 0 Å². The zero-order chi connectivity index (χ0) is 19.1. The van der Waals surface area contributed by atoms with Gasteiger partial charge in [-0.15, -0.1) is 0 Å². The first-order valence-corrected chi connectivity index (χ1v) is 9.59. The molecule has 0 aliphatic heterocycles. The molecule has 0 fully saturated rings. The van der Waals surface area contributed by atoms with Gasteiger partial charge in [-0.1, -0.05) is 97.1 Å². The maximum absolute atomic E-state index is 12.2. The lowest BCUT2D eigenvalue weighted by Gasteiger charge is -2.34. The van der Waals surface area contributed by atoms with Crippen molar-refractivity contribution in [3.8, 4) is 11.1 Å². The standard InChI is InChI=1S/C27H20O/c1-19(28)20-16-17-24-23-14-8-9-15-25(23)27(26(24)18-20,21-10-4-2-5-11-21)22-12-6-3-7-13-22/h2-18H,1H3. The summed E-state index contributed by atoms with van der Waals surface area (Å²) in [6.45, 7) is 1.64. The van der Waals surface area contributed by atoms with Crippen molar-refractivity contribution in [3.05, 3.63) is 131 Å². The van der Waals surface area contributed by atoms with Crippen molar-refractivity contribution in [2.75, 3.05) is 0 Å². The van der Waals surface area contributed by atoms with Crippen LogP contribution in [-0.4, -0.2) is 5.78 Å². The molecule has 0 atom stereocenters. The quantitative estimate of drug-likeness (QED) is 0.347. The molecule has 0 saturated heterocycles. The molecular formula is C27H20O. The normalized spacial score (nSPS) is 13.6. The van der Waals surface area contributed by atoms with E-state index in [1.807, 2.05) is 6.07 Å². The summed E-state index contributed by atoms with van der Waals surface area (Å²) < 4.78 is 0. The highest BCUT2D eigenvalue weighted by Crippen LogP contribution is 2.56. The van der Waals surface area contributed by atoms with Crippen LogP contribution >= 0.6 is 0 Å². The van der Waals surface area contributed by atoms with Gasteiger partial charge in [-0.2, -0.15) is 0 Å². The molecule has 1 heteroatoms. The Morgan fingerprint density at radius 2 is 1.14 bits per heavy atom. The van der Waals surface area contributed by atoms with Crippen molar-refractivity contribution < 1.29 is 4.79 Å². The third-order valence-corrected chi connectivity index (χ3v) is 5.86. The minimum atomic E-state index is -0.431. The Morgan fingerprint density at radius 3 is 1.75 bits per heavy atom. The van der Waals surface area contributed by atoms with Gasteiger partial charge in [0, 0.05) is 5.56 Å². The summed E-state index contributed by atoms with van der Waals surface area (Å²) in [7, 11) is 0. The Hall–Kier alpha value is -3.45. The number of hydrogen-bond acceptors (Lipinski definition) is 1. The number of Topliss-reactive ketones (excluding diaryl/α,β-unsaturated/α-hetero) is 1. The molecule has 0 saturated carbocycles. The van der Waals surface area contributed by atoms with E-state index in [-0.39, 0.29) is 5.78 Å². The Bertz CT molecular complexity index is 1130. The highest BCUT2D eigenvalue weighted by atomic mass is 16.1. The predicted octanol–water partition coefficient (Wildman–Crippen LogP) is 6.25. The molecule has 4 aromatic carbocycles. The first-order chi connectivity index (χ1) is 13.7. The topological polar surface area (TPSA) is 17.1 Å². The van der Waals surface area contributed by atoms with E-state index in [1.54, 1.807) is 6.92 Å². The highest BCUT2D eigenvalue weighted by Gasteiger charge is 2.45. The van der Waals surface area contributed by atoms with Crippen LogP contribution < -0.4 is 0 Å². The van der Waals surface area contributed by atoms with Crippen LogP contribution in [-0.2, 0) is 5.41 Å². The molecule has 0 N–H and O–H groups in total. The Kier molecular flexibility index (Phi) is 3.77. The third-order valence-electron chi connectivity index (χ3n) is 5.86. The van der Waals surface area contributed by atoms with Crippen LogP contribution in [0, 0.1) is 0 Å². The number of rotatable bonds is 3. The zero-order valence-corrected chi connectivity index (χ0v) is 15.7. The molecule has 0 bridgehead atoms. The van der Waals surface area contributed by atoms with Crippen LogP contribution in [0.1, 0.15) is 39.5 Å². The lowest BCUT2D eigenvalue weighted by atomic mass is 9.67. The third kappa shape index (κ3) is 2.23. The molecule has 0 amide bonds. The van der Waals surface area contributed by atoms with Crippen molar-refractivity contribution in [2.24, 2.45) is 0 Å². The molecule has 134 valence electrons. The number of carbonyl (C=O) groups excluding carboxylic acids is 1. The maximum Gasteiger partial charge on any atom is 0.159 e. The lowest BCUT2D eigenvalue weighted by molar-refractivity contribution is 0.101. The van der Waals surface area contributed by atoms with Crippen LogP contribution in [0.25, 0.3) is 11.1 Å². The van der Waals surface area contributed by atoms with E-state index in [2.05, 4.69) is 97.1 Å². The largest absolute Gasteiger partial charge is 0.295 e. The molecule has 0 aromatic heterocycles. The van der Waals surface area contributed by atoms with Crippen molar-refractivity contribution >= 4 is 5.78 Å². The van der Waals surface area contributed by atoms with Gasteiger partial charge in [0.25, 0.3) is 0 Å². The fourth-order valence-electron chi connectivity index (χ4n) is 4.66. The summed E-state index contributed by atoms with van der Waals surface area (Å²) in [4.78, 5) is 12.2. The summed E-state index contributed by atoms with van der Waals surface area (Å²) in [5.74, 6) is 0.0915. The minimum Gasteiger partial charge on any atom is -0.295 e. The first kappa shape index (κ1) is 16.7. The van der Waals surface area contributed by atoms with E-state index in [1.165, 1.54) is 33.4 Å². The van der Waals surface area contributed by atoms with Crippen LogP contribution in [0.15, 0.2) is 103 Å². The van der Waals surface area contributed by atoms with Gasteiger partial charge in [0.2, 0.25) is 0 Å². The second kappa shape index (κ2) is 6.31. The predicted molar refractivity (Wildman–Crippen MR) is 114 cm³/mol. The average Bonchev–Trinajstić information content (AvgIpc) is 3.05. The van der Waals surface area contributed by atoms with Crippen molar-refractivity contribution in [1.82, 2.24) is 0 Å². The minimum absolute atomic E-state index is 0.0915. The van der Waals surface area contributed by atoms with Gasteiger partial charge in [0.1, 0.15) is 0 Å². The van der Waals surface area contributed by atoms with E-state index >= 15 is 0 Å². The Morgan fingerprint density at radius 1 is 0.607 bits per heavy atom. The lowest BCUT2D eigenvalue weighted by Crippen LogP contribution is -2.28.